The summed E-state index contributed by atoms with van der Waals surface area (Å²) in [6.07, 6.45) is 1.59. The Labute approximate surface area is 193 Å². The number of hydrogen-bond acceptors (Lipinski definition) is 4. The molecule has 0 bridgehead atoms. The minimum atomic E-state index is -1.67. The van der Waals surface area contributed by atoms with Crippen LogP contribution in [-0.4, -0.2) is 21.7 Å². The number of Topliss-reactive ketones (excluding diaryl/α,β-unsaturated/α-hetero) is 1. The second kappa shape index (κ2) is 6.99. The Balaban J connectivity index is 1.55. The number of fused-ring (bicyclic) bond motifs is 4. The maximum Gasteiger partial charge on any atom is 0.250 e. The van der Waals surface area contributed by atoms with Gasteiger partial charge in [0.05, 0.1) is 23.1 Å². The first-order chi connectivity index (χ1) is 16.4. The number of nitrogens with zero attached hydrogens (tertiary/aromatic N) is 2. The van der Waals surface area contributed by atoms with Crippen molar-refractivity contribution in [2.24, 2.45) is 0 Å². The number of amides is 1. The van der Waals surface area contributed by atoms with Crippen LogP contribution < -0.4 is 10.6 Å². The number of hydrogen-bond donors (Lipinski definition) is 2. The van der Waals surface area contributed by atoms with Gasteiger partial charge in [0.2, 0.25) is 11.7 Å². The van der Waals surface area contributed by atoms with E-state index < -0.39 is 22.9 Å². The van der Waals surface area contributed by atoms with Crippen LogP contribution in [-0.2, 0) is 10.2 Å². The van der Waals surface area contributed by atoms with Crippen LogP contribution in [0, 0.1) is 5.82 Å². The predicted octanol–water partition coefficient (Wildman–Crippen LogP) is 5.26. The van der Waals surface area contributed by atoms with Gasteiger partial charge in [-0.05, 0) is 43.3 Å². The van der Waals surface area contributed by atoms with E-state index in [4.69, 9.17) is 5.73 Å². The summed E-state index contributed by atoms with van der Waals surface area (Å²) >= 11 is 0. The molecule has 0 saturated carbocycles. The molecule has 5 aromatic rings. The lowest BCUT2D eigenvalue weighted by atomic mass is 9.77. The summed E-state index contributed by atoms with van der Waals surface area (Å²) in [4.78, 5) is 36.8. The number of H-pyrrole nitrogens is 1. The van der Waals surface area contributed by atoms with Crippen molar-refractivity contribution in [2.75, 3.05) is 10.6 Å². The van der Waals surface area contributed by atoms with E-state index in [1.165, 1.54) is 24.0 Å². The molecule has 0 unspecified atom stereocenters. The fourth-order valence-corrected chi connectivity index (χ4v) is 4.94. The van der Waals surface area contributed by atoms with E-state index in [9.17, 15) is 14.0 Å². The van der Waals surface area contributed by atoms with Gasteiger partial charge in [-0.25, -0.2) is 4.39 Å². The Morgan fingerprint density at radius 3 is 2.53 bits per heavy atom. The summed E-state index contributed by atoms with van der Waals surface area (Å²) in [6.45, 7) is 1.54. The number of halogens is 1. The zero-order valence-corrected chi connectivity index (χ0v) is 18.2. The van der Waals surface area contributed by atoms with Crippen molar-refractivity contribution in [3.05, 3.63) is 96.1 Å². The molecule has 0 radical (unpaired) electrons. The molecular weight excluding hydrogens is 431 g/mol. The Bertz CT molecular complexity index is 1660. The van der Waals surface area contributed by atoms with Crippen LogP contribution in [0.25, 0.3) is 21.8 Å². The van der Waals surface area contributed by atoms with Gasteiger partial charge >= 0.3 is 0 Å². The first kappa shape index (κ1) is 20.1. The molecule has 1 amide bonds. The number of anilines is 3. The maximum absolute atomic E-state index is 14.7. The summed E-state index contributed by atoms with van der Waals surface area (Å²) in [6, 6.07) is 20.4. The van der Waals surface area contributed by atoms with Crippen LogP contribution in [0.1, 0.15) is 23.0 Å². The van der Waals surface area contributed by atoms with Gasteiger partial charge in [-0.2, -0.15) is 0 Å². The quantitative estimate of drug-likeness (QED) is 0.223. The van der Waals surface area contributed by atoms with Crippen molar-refractivity contribution >= 4 is 50.6 Å². The van der Waals surface area contributed by atoms with Gasteiger partial charge in [0.25, 0.3) is 0 Å². The molecule has 6 rings (SSSR count). The van der Waals surface area contributed by atoms with E-state index >= 15 is 0 Å². The molecule has 3 aromatic carbocycles. The second-order valence-electron chi connectivity index (χ2n) is 8.57. The van der Waals surface area contributed by atoms with Gasteiger partial charge in [0.15, 0.2) is 0 Å². The van der Waals surface area contributed by atoms with Crippen molar-refractivity contribution in [3.8, 4) is 0 Å². The summed E-state index contributed by atoms with van der Waals surface area (Å²) in [5.41, 5.74) is 7.57. The third kappa shape index (κ3) is 2.58. The zero-order chi connectivity index (χ0) is 23.6. The van der Waals surface area contributed by atoms with Crippen molar-refractivity contribution in [1.29, 1.82) is 0 Å². The number of nitrogens with one attached hydrogen (secondary N) is 1. The lowest BCUT2D eigenvalue weighted by Crippen LogP contribution is -2.43. The van der Waals surface area contributed by atoms with E-state index in [2.05, 4.69) is 9.97 Å². The van der Waals surface area contributed by atoms with E-state index in [1.54, 1.807) is 42.6 Å². The third-order valence-corrected chi connectivity index (χ3v) is 6.62. The molecule has 1 aliphatic heterocycles. The Morgan fingerprint density at radius 2 is 1.71 bits per heavy atom. The lowest BCUT2D eigenvalue weighted by Gasteiger charge is -2.23. The van der Waals surface area contributed by atoms with Crippen LogP contribution in [0.3, 0.4) is 0 Å². The number of carbonyl (C=O) groups is 2. The third-order valence-electron chi connectivity index (χ3n) is 6.62. The number of aromatic amines is 1. The summed E-state index contributed by atoms with van der Waals surface area (Å²) in [5, 5.41) is 1.78. The highest BCUT2D eigenvalue weighted by Gasteiger charge is 2.55. The topological polar surface area (TPSA) is 92.1 Å². The number of benzene rings is 3. The summed E-state index contributed by atoms with van der Waals surface area (Å²) in [7, 11) is 0. The largest absolute Gasteiger partial charge is 0.398 e. The molecule has 3 N–H and O–H groups in total. The van der Waals surface area contributed by atoms with Crippen LogP contribution in [0.4, 0.5) is 21.5 Å². The molecule has 0 aliphatic carbocycles. The number of pyridine rings is 1. The molecule has 0 saturated heterocycles. The molecule has 2 aromatic heterocycles. The fraction of sp³-hybridized carbons (Fsp3) is 0.0741. The summed E-state index contributed by atoms with van der Waals surface area (Å²) < 4.78 is 14.7. The highest BCUT2D eigenvalue weighted by molar-refractivity contribution is 6.29. The predicted molar refractivity (Wildman–Crippen MR) is 130 cm³/mol. The number of ketones is 1. The number of aromatic nitrogens is 2. The molecule has 6 nitrogen and oxygen atoms in total. The summed E-state index contributed by atoms with van der Waals surface area (Å²) in [5.74, 6) is -1.64. The lowest BCUT2D eigenvalue weighted by molar-refractivity contribution is -0.120. The fourth-order valence-electron chi connectivity index (χ4n) is 4.94. The SMILES string of the molecule is C[C@@]1(C(=O)c2cc3c(cn2)[nH]c2ccccc23)C(=O)N(c2ccccc2F)c2cccc(N)c21. The Kier molecular flexibility index (Phi) is 4.13. The van der Waals surface area contributed by atoms with E-state index in [1.807, 2.05) is 24.3 Å². The number of para-hydroxylation sites is 2. The van der Waals surface area contributed by atoms with Gasteiger partial charge in [0.1, 0.15) is 16.9 Å². The van der Waals surface area contributed by atoms with Crippen LogP contribution >= 0.6 is 0 Å². The standard InChI is InChI=1S/C27H19FN4O2/c1-27(25(33)20-13-16-15-7-2-4-10-19(15)31-21(16)14-30-20)24-18(29)9-6-12-23(24)32(26(27)34)22-11-5-3-8-17(22)28/h2-14,31H,29H2,1H3/t27-/m1/s1. The average molecular weight is 450 g/mol. The average Bonchev–Trinajstić information content (AvgIpc) is 3.33. The molecular formula is C27H19FN4O2. The Morgan fingerprint density at radius 1 is 0.971 bits per heavy atom. The highest BCUT2D eigenvalue weighted by atomic mass is 19.1. The van der Waals surface area contributed by atoms with Crippen molar-refractivity contribution < 1.29 is 14.0 Å². The van der Waals surface area contributed by atoms with Crippen molar-refractivity contribution in [1.82, 2.24) is 9.97 Å². The van der Waals surface area contributed by atoms with Crippen LogP contribution in [0.5, 0.6) is 0 Å². The van der Waals surface area contributed by atoms with Gasteiger partial charge in [0, 0.05) is 27.5 Å². The minimum Gasteiger partial charge on any atom is -0.398 e. The minimum absolute atomic E-state index is 0.0657. The van der Waals surface area contributed by atoms with Crippen LogP contribution in [0.15, 0.2) is 79.0 Å². The molecule has 1 aliphatic rings. The van der Waals surface area contributed by atoms with Gasteiger partial charge in [-0.3, -0.25) is 19.5 Å². The number of carbonyl (C=O) groups excluding carboxylic acids is 2. The highest BCUT2D eigenvalue weighted by Crippen LogP contribution is 2.50. The number of nitrogen functional groups attached to an aromatic ring is 1. The molecule has 166 valence electrons. The first-order valence-electron chi connectivity index (χ1n) is 10.8. The van der Waals surface area contributed by atoms with Crippen molar-refractivity contribution in [2.45, 2.75) is 12.3 Å². The molecule has 7 heteroatoms. The van der Waals surface area contributed by atoms with E-state index in [-0.39, 0.29) is 17.1 Å². The number of rotatable bonds is 3. The maximum atomic E-state index is 14.7. The first-order valence-corrected chi connectivity index (χ1v) is 10.8. The Hall–Kier alpha value is -4.52. The van der Waals surface area contributed by atoms with Crippen molar-refractivity contribution in [3.63, 3.8) is 0 Å². The van der Waals surface area contributed by atoms with E-state index in [0.29, 0.717) is 11.3 Å². The molecule has 1 atom stereocenters. The molecule has 0 fully saturated rings. The van der Waals surface area contributed by atoms with Gasteiger partial charge < -0.3 is 10.7 Å². The molecule has 3 heterocycles. The number of nitrogens with two attached hydrogens (primary N) is 1. The molecule has 0 spiro atoms. The second-order valence-corrected chi connectivity index (χ2v) is 8.57. The normalized spacial score (nSPS) is 17.5. The van der Waals surface area contributed by atoms with Gasteiger partial charge in [-0.15, -0.1) is 0 Å². The monoisotopic (exact) mass is 450 g/mol. The smallest absolute Gasteiger partial charge is 0.250 e. The van der Waals surface area contributed by atoms with Gasteiger partial charge in [-0.1, -0.05) is 36.4 Å². The molecule has 34 heavy (non-hydrogen) atoms. The van der Waals surface area contributed by atoms with Crippen LogP contribution in [0.2, 0.25) is 0 Å². The zero-order valence-electron chi connectivity index (χ0n) is 18.2. The van der Waals surface area contributed by atoms with E-state index in [0.717, 1.165) is 21.8 Å².